The molecule has 4 nitrogen and oxygen atoms in total. The number of hydrogen-bond acceptors (Lipinski definition) is 4. The van der Waals surface area contributed by atoms with Gasteiger partial charge in [-0.3, -0.25) is 0 Å². The van der Waals surface area contributed by atoms with Crippen LogP contribution in [0.1, 0.15) is 71.1 Å². The third-order valence-corrected chi connectivity index (χ3v) is 6.47. The van der Waals surface area contributed by atoms with Gasteiger partial charge in [0.15, 0.2) is 0 Å². The molecule has 4 heteroatoms. The zero-order chi connectivity index (χ0) is 22.2. The maximum atomic E-state index is 5.63. The molecule has 0 unspecified atom stereocenters. The Balaban J connectivity index is 1.69. The maximum absolute atomic E-state index is 5.63. The molecule has 1 aromatic heterocycles. The molecule has 1 aliphatic carbocycles. The molecule has 0 atom stereocenters. The summed E-state index contributed by atoms with van der Waals surface area (Å²) in [5.74, 6) is 2.41. The van der Waals surface area contributed by atoms with Crippen LogP contribution in [-0.2, 0) is 12.8 Å². The number of para-hydroxylation sites is 1. The van der Waals surface area contributed by atoms with Crippen molar-refractivity contribution in [3.63, 3.8) is 0 Å². The quantitative estimate of drug-likeness (QED) is 0.404. The van der Waals surface area contributed by atoms with Gasteiger partial charge in [-0.05, 0) is 88.0 Å². The molecule has 0 saturated heterocycles. The lowest BCUT2D eigenvalue weighted by atomic mass is 9.92. The minimum absolute atomic E-state index is 0.768. The fourth-order valence-electron chi connectivity index (χ4n) is 4.52. The zero-order valence-corrected chi connectivity index (χ0v) is 20.5. The largest absolute Gasteiger partial charge is 0.494 e. The van der Waals surface area contributed by atoms with Crippen LogP contribution < -0.4 is 10.1 Å². The second kappa shape index (κ2) is 11.7. The van der Waals surface area contributed by atoms with Gasteiger partial charge in [0.05, 0.1) is 7.11 Å². The molecule has 172 valence electrons. The van der Waals surface area contributed by atoms with E-state index in [0.29, 0.717) is 0 Å². The van der Waals surface area contributed by atoms with Crippen LogP contribution in [0.15, 0.2) is 18.2 Å². The van der Waals surface area contributed by atoms with Gasteiger partial charge in [-0.15, -0.1) is 0 Å². The van der Waals surface area contributed by atoms with Crippen LogP contribution in [-0.4, -0.2) is 43.2 Å². The molecule has 1 N–H and O–H groups in total. The summed E-state index contributed by atoms with van der Waals surface area (Å²) in [6, 6.07) is 6.30. The second-order valence-electron chi connectivity index (χ2n) is 9.96. The van der Waals surface area contributed by atoms with Gasteiger partial charge >= 0.3 is 0 Å². The average molecular weight is 426 g/mol. The number of nitrogens with one attached hydrogen (secondary N) is 1. The number of fused-ring (bicyclic) bond motifs is 2. The lowest BCUT2D eigenvalue weighted by molar-refractivity contribution is 0.243. The van der Waals surface area contributed by atoms with E-state index in [4.69, 9.17) is 9.72 Å². The van der Waals surface area contributed by atoms with E-state index < -0.39 is 0 Å². The van der Waals surface area contributed by atoms with Crippen molar-refractivity contribution >= 4 is 16.6 Å². The number of aromatic nitrogens is 1. The fourth-order valence-corrected chi connectivity index (χ4v) is 4.52. The number of methoxy groups -OCH3 is 1. The second-order valence-corrected chi connectivity index (χ2v) is 9.96. The summed E-state index contributed by atoms with van der Waals surface area (Å²) in [4.78, 5) is 7.68. The number of benzene rings is 1. The first-order valence-corrected chi connectivity index (χ1v) is 12.4. The molecule has 0 bridgehead atoms. The van der Waals surface area contributed by atoms with Gasteiger partial charge in [-0.2, -0.15) is 0 Å². The predicted molar refractivity (Wildman–Crippen MR) is 133 cm³/mol. The minimum Gasteiger partial charge on any atom is -0.494 e. The number of hydrogen-bond donors (Lipinski definition) is 1. The molecule has 2 aromatic rings. The summed E-state index contributed by atoms with van der Waals surface area (Å²) < 4.78 is 5.63. The molecule has 0 radical (unpaired) electrons. The van der Waals surface area contributed by atoms with Crippen molar-refractivity contribution in [1.82, 2.24) is 9.88 Å². The topological polar surface area (TPSA) is 37.4 Å². The van der Waals surface area contributed by atoms with E-state index in [1.807, 2.05) is 6.07 Å². The van der Waals surface area contributed by atoms with Crippen molar-refractivity contribution in [2.45, 2.75) is 72.6 Å². The first-order valence-electron chi connectivity index (χ1n) is 12.4. The Kier molecular flexibility index (Phi) is 9.01. The van der Waals surface area contributed by atoms with Crippen LogP contribution in [0.5, 0.6) is 5.75 Å². The number of aryl methyl sites for hydroxylation is 1. The highest BCUT2D eigenvalue weighted by molar-refractivity contribution is 5.96. The van der Waals surface area contributed by atoms with Crippen molar-refractivity contribution in [3.05, 3.63) is 29.5 Å². The Bertz CT molecular complexity index is 819. The molecule has 0 fully saturated rings. The number of pyridine rings is 1. The minimum atomic E-state index is 0.768. The molecule has 0 saturated carbocycles. The van der Waals surface area contributed by atoms with E-state index in [2.05, 4.69) is 50.0 Å². The van der Waals surface area contributed by atoms with Crippen molar-refractivity contribution in [3.8, 4) is 5.75 Å². The maximum Gasteiger partial charge on any atom is 0.145 e. The molecule has 0 amide bonds. The van der Waals surface area contributed by atoms with Gasteiger partial charge in [0, 0.05) is 23.3 Å². The van der Waals surface area contributed by atoms with Gasteiger partial charge in [0.1, 0.15) is 11.3 Å². The van der Waals surface area contributed by atoms with E-state index in [-0.39, 0.29) is 0 Å². The van der Waals surface area contributed by atoms with Gasteiger partial charge in [0.2, 0.25) is 0 Å². The lowest BCUT2D eigenvalue weighted by Crippen LogP contribution is -2.30. The number of anilines is 1. The lowest BCUT2D eigenvalue weighted by Gasteiger charge is -2.25. The van der Waals surface area contributed by atoms with Gasteiger partial charge < -0.3 is 15.0 Å². The smallest absolute Gasteiger partial charge is 0.145 e. The Labute approximate surface area is 189 Å². The summed E-state index contributed by atoms with van der Waals surface area (Å²) in [7, 11) is 1.74. The number of ether oxygens (including phenoxy) is 1. The van der Waals surface area contributed by atoms with Crippen molar-refractivity contribution in [2.24, 2.45) is 11.8 Å². The zero-order valence-electron chi connectivity index (χ0n) is 20.5. The molecule has 31 heavy (non-hydrogen) atoms. The summed E-state index contributed by atoms with van der Waals surface area (Å²) in [5, 5.41) is 5.04. The Morgan fingerprint density at radius 1 is 1.00 bits per heavy atom. The van der Waals surface area contributed by atoms with Crippen LogP contribution in [0, 0.1) is 11.8 Å². The van der Waals surface area contributed by atoms with Crippen LogP contribution in [0.25, 0.3) is 10.9 Å². The van der Waals surface area contributed by atoms with Crippen molar-refractivity contribution in [2.75, 3.05) is 38.6 Å². The molecule has 1 aliphatic rings. The van der Waals surface area contributed by atoms with E-state index in [1.54, 1.807) is 7.11 Å². The third kappa shape index (κ3) is 6.58. The van der Waals surface area contributed by atoms with E-state index in [9.17, 15) is 0 Å². The number of nitrogens with zero attached hydrogens (tertiary/aromatic N) is 2. The van der Waals surface area contributed by atoms with Crippen molar-refractivity contribution < 1.29 is 4.74 Å². The third-order valence-electron chi connectivity index (χ3n) is 6.47. The van der Waals surface area contributed by atoms with Crippen LogP contribution in [0.2, 0.25) is 0 Å². The standard InChI is InChI=1S/C27H43N3O/c1-20(2)14-18-30(19-15-21(3)4)17-9-16-28-26-22-10-6-7-12-24(22)29-27-23(26)11-8-13-25(27)31-5/h8,11,13,20-21H,6-7,9-10,12,14-19H2,1-5H3,(H,28,29). The molecule has 0 aliphatic heterocycles. The molecular weight excluding hydrogens is 382 g/mol. The fraction of sp³-hybridized carbons (Fsp3) is 0.667. The highest BCUT2D eigenvalue weighted by Crippen LogP contribution is 2.36. The SMILES string of the molecule is COc1cccc2c(NCCCN(CCC(C)C)CCC(C)C)c3c(nc12)CCCC3. The molecule has 3 rings (SSSR count). The van der Waals surface area contributed by atoms with Crippen LogP contribution in [0.3, 0.4) is 0 Å². The van der Waals surface area contributed by atoms with Crippen molar-refractivity contribution in [1.29, 1.82) is 0 Å². The summed E-state index contributed by atoms with van der Waals surface area (Å²) >= 11 is 0. The Hall–Kier alpha value is -1.81. The van der Waals surface area contributed by atoms with E-state index in [0.717, 1.165) is 42.5 Å². The highest BCUT2D eigenvalue weighted by atomic mass is 16.5. The Morgan fingerprint density at radius 2 is 1.71 bits per heavy atom. The van der Waals surface area contributed by atoms with E-state index >= 15 is 0 Å². The predicted octanol–water partition coefficient (Wildman–Crippen LogP) is 6.32. The van der Waals surface area contributed by atoms with Gasteiger partial charge in [-0.25, -0.2) is 4.98 Å². The summed E-state index contributed by atoms with van der Waals surface area (Å²) in [6.07, 6.45) is 8.45. The summed E-state index contributed by atoms with van der Waals surface area (Å²) in [6.45, 7) is 13.9. The van der Waals surface area contributed by atoms with Gasteiger partial charge in [0.25, 0.3) is 0 Å². The normalized spacial score (nSPS) is 13.9. The van der Waals surface area contributed by atoms with Gasteiger partial charge in [-0.1, -0.05) is 39.8 Å². The number of rotatable bonds is 12. The molecular formula is C27H43N3O. The Morgan fingerprint density at radius 3 is 2.39 bits per heavy atom. The average Bonchev–Trinajstić information content (AvgIpc) is 2.76. The summed E-state index contributed by atoms with van der Waals surface area (Å²) in [5.41, 5.74) is 5.00. The monoisotopic (exact) mass is 425 g/mol. The molecule has 1 heterocycles. The first-order chi connectivity index (χ1) is 15.0. The van der Waals surface area contributed by atoms with Crippen LogP contribution >= 0.6 is 0 Å². The van der Waals surface area contributed by atoms with E-state index in [1.165, 1.54) is 74.1 Å². The first kappa shape index (κ1) is 23.8. The highest BCUT2D eigenvalue weighted by Gasteiger charge is 2.19. The molecule has 0 spiro atoms. The molecule has 1 aromatic carbocycles. The van der Waals surface area contributed by atoms with Crippen LogP contribution in [0.4, 0.5) is 5.69 Å².